The van der Waals surface area contributed by atoms with Crippen molar-refractivity contribution in [3.05, 3.63) is 66.4 Å². The second kappa shape index (κ2) is 4.88. The molecular weight excluding hydrogens is 206 g/mol. The normalized spacial score (nSPS) is 11.5. The van der Waals surface area contributed by atoms with Crippen molar-refractivity contribution < 1.29 is 0 Å². The maximum absolute atomic E-state index is 3.70. The minimum atomic E-state index is 1.09. The van der Waals surface area contributed by atoms with Crippen molar-refractivity contribution in [2.24, 2.45) is 0 Å². The van der Waals surface area contributed by atoms with E-state index in [9.17, 15) is 0 Å². The van der Waals surface area contributed by atoms with Crippen LogP contribution in [0.25, 0.3) is 10.8 Å². The van der Waals surface area contributed by atoms with E-state index < -0.39 is 0 Å². The number of hydrogen-bond donors (Lipinski definition) is 1. The molecule has 17 heavy (non-hydrogen) atoms. The Morgan fingerprint density at radius 3 is 2.59 bits per heavy atom. The highest BCUT2D eigenvalue weighted by molar-refractivity contribution is 5.96. The first-order valence-corrected chi connectivity index (χ1v) is 5.77. The molecule has 0 atom stereocenters. The fourth-order valence-electron chi connectivity index (χ4n) is 2.01. The number of anilines is 1. The Morgan fingerprint density at radius 2 is 1.82 bits per heavy atom. The quantitative estimate of drug-likeness (QED) is 0.747. The molecule has 0 radical (unpaired) electrons. The lowest BCUT2D eigenvalue weighted by Gasteiger charge is -2.11. The molecule has 0 bridgehead atoms. The maximum atomic E-state index is 3.70. The summed E-state index contributed by atoms with van der Waals surface area (Å²) in [6.07, 6.45) is 3.76. The largest absolute Gasteiger partial charge is 0.359 e. The number of fused-ring (bicyclic) bond motifs is 1. The van der Waals surface area contributed by atoms with Crippen LogP contribution in [-0.4, -0.2) is 0 Å². The molecule has 0 amide bonds. The van der Waals surface area contributed by atoms with Crippen molar-refractivity contribution in [2.45, 2.75) is 13.8 Å². The van der Waals surface area contributed by atoms with Crippen molar-refractivity contribution in [1.29, 1.82) is 0 Å². The van der Waals surface area contributed by atoms with Gasteiger partial charge in [0.15, 0.2) is 0 Å². The van der Waals surface area contributed by atoms with Gasteiger partial charge in [-0.05, 0) is 36.9 Å². The molecule has 2 aromatic rings. The van der Waals surface area contributed by atoms with E-state index >= 15 is 0 Å². The minimum absolute atomic E-state index is 1.09. The summed E-state index contributed by atoms with van der Waals surface area (Å²) in [5, 5.41) is 5.95. The van der Waals surface area contributed by atoms with Gasteiger partial charge in [0.2, 0.25) is 0 Å². The van der Waals surface area contributed by atoms with Gasteiger partial charge in [-0.1, -0.05) is 43.0 Å². The Hall–Kier alpha value is -2.02. The second-order valence-corrected chi connectivity index (χ2v) is 4.19. The Morgan fingerprint density at radius 1 is 1.12 bits per heavy atom. The van der Waals surface area contributed by atoms with Gasteiger partial charge in [-0.2, -0.15) is 0 Å². The van der Waals surface area contributed by atoms with E-state index in [0.717, 1.165) is 11.4 Å². The zero-order valence-corrected chi connectivity index (χ0v) is 10.3. The van der Waals surface area contributed by atoms with Crippen LogP contribution in [0.15, 0.2) is 60.8 Å². The number of benzene rings is 2. The summed E-state index contributed by atoms with van der Waals surface area (Å²) in [7, 11) is 0. The third-order valence-corrected chi connectivity index (χ3v) is 2.84. The van der Waals surface area contributed by atoms with Crippen LogP contribution in [0.1, 0.15) is 12.5 Å². The first kappa shape index (κ1) is 11.5. The molecule has 1 heteroatoms. The molecule has 86 valence electrons. The molecule has 1 N–H and O–H groups in total. The van der Waals surface area contributed by atoms with Crippen LogP contribution in [0.5, 0.6) is 0 Å². The lowest BCUT2D eigenvalue weighted by molar-refractivity contribution is 1.39. The van der Waals surface area contributed by atoms with Crippen molar-refractivity contribution in [1.82, 2.24) is 0 Å². The first-order valence-electron chi connectivity index (χ1n) is 5.77. The summed E-state index contributed by atoms with van der Waals surface area (Å²) in [4.78, 5) is 0. The van der Waals surface area contributed by atoms with Crippen molar-refractivity contribution in [2.75, 3.05) is 5.32 Å². The van der Waals surface area contributed by atoms with Gasteiger partial charge in [-0.15, -0.1) is 0 Å². The molecule has 0 fully saturated rings. The van der Waals surface area contributed by atoms with E-state index in [2.05, 4.69) is 55.2 Å². The molecule has 2 rings (SSSR count). The van der Waals surface area contributed by atoms with Crippen molar-refractivity contribution >= 4 is 16.5 Å². The molecule has 0 heterocycles. The number of rotatable bonds is 3. The Bertz CT molecular complexity index is 579. The zero-order valence-electron chi connectivity index (χ0n) is 10.3. The summed E-state index contributed by atoms with van der Waals surface area (Å²) in [6.45, 7) is 7.88. The van der Waals surface area contributed by atoms with Gasteiger partial charge < -0.3 is 5.32 Å². The summed E-state index contributed by atoms with van der Waals surface area (Å²) < 4.78 is 0. The standard InChI is InChI=1S/C16H17N/c1-4-7-13(3)17-16-11-6-9-14-12(2)8-5-10-15(14)16/h4-11,17H,1H2,2-3H3/b13-7+. The van der Waals surface area contributed by atoms with E-state index in [1.54, 1.807) is 6.08 Å². The first-order chi connectivity index (χ1) is 8.22. The molecule has 2 aromatic carbocycles. The molecule has 0 aliphatic heterocycles. The van der Waals surface area contributed by atoms with E-state index in [0.29, 0.717) is 0 Å². The molecule has 0 aliphatic rings. The van der Waals surface area contributed by atoms with Gasteiger partial charge in [0.25, 0.3) is 0 Å². The van der Waals surface area contributed by atoms with Gasteiger partial charge >= 0.3 is 0 Å². The number of nitrogens with one attached hydrogen (secondary N) is 1. The lowest BCUT2D eigenvalue weighted by Crippen LogP contribution is -1.96. The Kier molecular flexibility index (Phi) is 3.29. The Balaban J connectivity index is 2.51. The molecule has 0 saturated carbocycles. The van der Waals surface area contributed by atoms with Crippen LogP contribution in [-0.2, 0) is 0 Å². The lowest BCUT2D eigenvalue weighted by atomic mass is 10.0. The predicted molar refractivity (Wildman–Crippen MR) is 76.3 cm³/mol. The smallest absolute Gasteiger partial charge is 0.0461 e. The molecule has 1 nitrogen and oxygen atoms in total. The van der Waals surface area contributed by atoms with Crippen LogP contribution in [0.4, 0.5) is 5.69 Å². The summed E-state index contributed by atoms with van der Waals surface area (Å²) in [6, 6.07) is 12.7. The van der Waals surface area contributed by atoms with Gasteiger partial charge in [-0.25, -0.2) is 0 Å². The van der Waals surface area contributed by atoms with Crippen LogP contribution < -0.4 is 5.32 Å². The van der Waals surface area contributed by atoms with Gasteiger partial charge in [0, 0.05) is 16.8 Å². The highest BCUT2D eigenvalue weighted by Crippen LogP contribution is 2.26. The van der Waals surface area contributed by atoms with E-state index in [-0.39, 0.29) is 0 Å². The summed E-state index contributed by atoms with van der Waals surface area (Å²) in [5.41, 5.74) is 3.53. The molecule has 0 aromatic heterocycles. The van der Waals surface area contributed by atoms with Crippen molar-refractivity contribution in [3.63, 3.8) is 0 Å². The monoisotopic (exact) mass is 223 g/mol. The SMILES string of the molecule is C=C/C=C(\C)Nc1cccc2c(C)cccc12. The average molecular weight is 223 g/mol. The second-order valence-electron chi connectivity index (χ2n) is 4.19. The highest BCUT2D eigenvalue weighted by atomic mass is 14.9. The molecule has 0 spiro atoms. The van der Waals surface area contributed by atoms with E-state index in [4.69, 9.17) is 0 Å². The predicted octanol–water partition coefficient (Wildman–Crippen LogP) is 4.65. The summed E-state index contributed by atoms with van der Waals surface area (Å²) in [5.74, 6) is 0. The van der Waals surface area contributed by atoms with Gasteiger partial charge in [0.1, 0.15) is 0 Å². The fraction of sp³-hybridized carbons (Fsp3) is 0.125. The topological polar surface area (TPSA) is 12.0 Å². The fourth-order valence-corrected chi connectivity index (χ4v) is 2.01. The summed E-state index contributed by atoms with van der Waals surface area (Å²) >= 11 is 0. The molecule has 0 unspecified atom stereocenters. The average Bonchev–Trinajstić information content (AvgIpc) is 2.31. The number of allylic oxidation sites excluding steroid dienone is 3. The van der Waals surface area contributed by atoms with E-state index in [1.807, 2.05) is 13.0 Å². The highest BCUT2D eigenvalue weighted by Gasteiger charge is 2.01. The van der Waals surface area contributed by atoms with Crippen LogP contribution in [0.2, 0.25) is 0 Å². The third kappa shape index (κ3) is 2.39. The Labute approximate surface area is 102 Å². The van der Waals surface area contributed by atoms with Gasteiger partial charge in [-0.3, -0.25) is 0 Å². The van der Waals surface area contributed by atoms with Crippen molar-refractivity contribution in [3.8, 4) is 0 Å². The third-order valence-electron chi connectivity index (χ3n) is 2.84. The zero-order chi connectivity index (χ0) is 12.3. The molecular formula is C16H17N. The number of hydrogen-bond acceptors (Lipinski definition) is 1. The van der Waals surface area contributed by atoms with Crippen LogP contribution in [0, 0.1) is 6.92 Å². The van der Waals surface area contributed by atoms with E-state index in [1.165, 1.54) is 16.3 Å². The van der Waals surface area contributed by atoms with Crippen LogP contribution in [0.3, 0.4) is 0 Å². The van der Waals surface area contributed by atoms with Gasteiger partial charge in [0.05, 0.1) is 0 Å². The minimum Gasteiger partial charge on any atom is -0.359 e. The molecule has 0 aliphatic carbocycles. The molecule has 0 saturated heterocycles. The van der Waals surface area contributed by atoms with Crippen LogP contribution >= 0.6 is 0 Å². The maximum Gasteiger partial charge on any atom is 0.0461 e. The number of aryl methyl sites for hydroxylation is 1.